The number of nitrogens with two attached hydrogens (primary N) is 1. The van der Waals surface area contributed by atoms with Crippen LogP contribution in [0.15, 0.2) is 23.1 Å². The number of hydrogen-bond donors (Lipinski definition) is 3. The SMILES string of the molecule is CCNC(=O)NS(=O)(=O)c1c(N)cccc1F. The molecule has 0 radical (unpaired) electrons. The molecular formula is C9H12FN3O3S. The van der Waals surface area contributed by atoms with Crippen LogP contribution in [-0.2, 0) is 10.0 Å². The van der Waals surface area contributed by atoms with Crippen molar-refractivity contribution in [1.82, 2.24) is 10.0 Å². The Kier molecular flexibility index (Phi) is 3.89. The van der Waals surface area contributed by atoms with Gasteiger partial charge in [-0.1, -0.05) is 6.07 Å². The lowest BCUT2D eigenvalue weighted by Gasteiger charge is -2.09. The maximum Gasteiger partial charge on any atom is 0.328 e. The molecule has 1 rings (SSSR count). The zero-order valence-electron chi connectivity index (χ0n) is 9.03. The summed E-state index contributed by atoms with van der Waals surface area (Å²) in [6.45, 7) is 1.86. The molecule has 0 spiro atoms. The molecule has 8 heteroatoms. The number of carbonyl (C=O) groups is 1. The van der Waals surface area contributed by atoms with Gasteiger partial charge in [0.05, 0.1) is 5.69 Å². The normalized spacial score (nSPS) is 10.9. The van der Waals surface area contributed by atoms with Crippen LogP contribution in [0.1, 0.15) is 6.92 Å². The monoisotopic (exact) mass is 261 g/mol. The first-order valence-electron chi connectivity index (χ1n) is 4.73. The molecule has 0 unspecified atom stereocenters. The fourth-order valence-electron chi connectivity index (χ4n) is 1.18. The van der Waals surface area contributed by atoms with Gasteiger partial charge in [-0.15, -0.1) is 0 Å². The lowest BCUT2D eigenvalue weighted by atomic mass is 10.3. The third-order valence-electron chi connectivity index (χ3n) is 1.83. The van der Waals surface area contributed by atoms with Crippen LogP contribution in [-0.4, -0.2) is 21.0 Å². The molecule has 6 nitrogen and oxygen atoms in total. The fourth-order valence-corrected chi connectivity index (χ4v) is 2.30. The Morgan fingerprint density at radius 3 is 2.65 bits per heavy atom. The van der Waals surface area contributed by atoms with Crippen LogP contribution >= 0.6 is 0 Å². The molecule has 1 aromatic carbocycles. The van der Waals surface area contributed by atoms with Gasteiger partial charge in [0.1, 0.15) is 10.7 Å². The number of sulfonamides is 1. The van der Waals surface area contributed by atoms with E-state index in [9.17, 15) is 17.6 Å². The summed E-state index contributed by atoms with van der Waals surface area (Å²) in [4.78, 5) is 10.4. The van der Waals surface area contributed by atoms with Gasteiger partial charge >= 0.3 is 6.03 Å². The van der Waals surface area contributed by atoms with Crippen molar-refractivity contribution in [2.75, 3.05) is 12.3 Å². The van der Waals surface area contributed by atoms with Crippen LogP contribution in [0.5, 0.6) is 0 Å². The number of hydrogen-bond acceptors (Lipinski definition) is 4. The highest BCUT2D eigenvalue weighted by molar-refractivity contribution is 7.90. The zero-order chi connectivity index (χ0) is 13.1. The Labute approximate surface area is 98.1 Å². The van der Waals surface area contributed by atoms with Crippen molar-refractivity contribution in [3.8, 4) is 0 Å². The van der Waals surface area contributed by atoms with Gasteiger partial charge in [-0.25, -0.2) is 22.3 Å². The maximum absolute atomic E-state index is 13.4. The highest BCUT2D eigenvalue weighted by Gasteiger charge is 2.23. The van der Waals surface area contributed by atoms with Gasteiger partial charge in [-0.3, -0.25) is 0 Å². The van der Waals surface area contributed by atoms with Gasteiger partial charge in [-0.05, 0) is 19.1 Å². The second kappa shape index (κ2) is 5.00. The summed E-state index contributed by atoms with van der Waals surface area (Å²) in [5, 5.41) is 2.22. The lowest BCUT2D eigenvalue weighted by molar-refractivity contribution is 0.246. The molecular weight excluding hydrogens is 249 g/mol. The van der Waals surface area contributed by atoms with Crippen molar-refractivity contribution in [2.24, 2.45) is 0 Å². The summed E-state index contributed by atoms with van der Waals surface area (Å²) in [6.07, 6.45) is 0. The van der Waals surface area contributed by atoms with Crippen molar-refractivity contribution in [1.29, 1.82) is 0 Å². The minimum absolute atomic E-state index is 0.244. The van der Waals surface area contributed by atoms with Crippen LogP contribution in [0.25, 0.3) is 0 Å². The first-order chi connectivity index (χ1) is 7.88. The predicted molar refractivity (Wildman–Crippen MR) is 60.2 cm³/mol. The molecule has 0 aliphatic heterocycles. The van der Waals surface area contributed by atoms with Crippen LogP contribution in [0.2, 0.25) is 0 Å². The minimum Gasteiger partial charge on any atom is -0.398 e. The second-order valence-corrected chi connectivity index (χ2v) is 4.74. The molecule has 0 saturated heterocycles. The molecule has 0 bridgehead atoms. The van der Waals surface area contributed by atoms with Crippen molar-refractivity contribution in [2.45, 2.75) is 11.8 Å². The first-order valence-corrected chi connectivity index (χ1v) is 6.21. The summed E-state index contributed by atoms with van der Waals surface area (Å²) >= 11 is 0. The van der Waals surface area contributed by atoms with Gasteiger partial charge in [-0.2, -0.15) is 0 Å². The smallest absolute Gasteiger partial charge is 0.328 e. The van der Waals surface area contributed by atoms with Crippen molar-refractivity contribution >= 4 is 21.7 Å². The number of nitrogen functional groups attached to an aromatic ring is 1. The van der Waals surface area contributed by atoms with Crippen LogP contribution in [0.4, 0.5) is 14.9 Å². The first kappa shape index (κ1) is 13.2. The molecule has 0 saturated carbocycles. The summed E-state index contributed by atoms with van der Waals surface area (Å²) in [6, 6.07) is 2.52. The Hall–Kier alpha value is -1.83. The molecule has 0 atom stereocenters. The Morgan fingerprint density at radius 2 is 2.12 bits per heavy atom. The van der Waals surface area contributed by atoms with Crippen molar-refractivity contribution in [3.63, 3.8) is 0 Å². The minimum atomic E-state index is -4.31. The average molecular weight is 261 g/mol. The van der Waals surface area contributed by atoms with E-state index in [1.165, 1.54) is 12.1 Å². The third kappa shape index (κ3) is 3.06. The van der Waals surface area contributed by atoms with E-state index in [0.29, 0.717) is 0 Å². The number of urea groups is 1. The van der Waals surface area contributed by atoms with Crippen molar-refractivity contribution < 1.29 is 17.6 Å². The Morgan fingerprint density at radius 1 is 1.47 bits per heavy atom. The largest absolute Gasteiger partial charge is 0.398 e. The standard InChI is InChI=1S/C9H12FN3O3S/c1-2-12-9(14)13-17(15,16)8-6(10)4-3-5-7(8)11/h3-5H,2,11H2,1H3,(H2,12,13,14). The van der Waals surface area contributed by atoms with Gasteiger partial charge in [0.25, 0.3) is 10.0 Å². The van der Waals surface area contributed by atoms with Crippen LogP contribution in [0, 0.1) is 5.82 Å². The molecule has 0 fully saturated rings. The lowest BCUT2D eigenvalue weighted by Crippen LogP contribution is -2.39. The molecule has 1 aromatic rings. The summed E-state index contributed by atoms with van der Waals surface area (Å²) < 4.78 is 38.3. The van der Waals surface area contributed by atoms with E-state index in [0.717, 1.165) is 6.07 Å². The number of benzene rings is 1. The summed E-state index contributed by atoms with van der Waals surface area (Å²) in [7, 11) is -4.31. The highest BCUT2D eigenvalue weighted by Crippen LogP contribution is 2.20. The summed E-state index contributed by atoms with van der Waals surface area (Å²) in [5.74, 6) is -1.01. The topological polar surface area (TPSA) is 101 Å². The molecule has 0 aliphatic carbocycles. The molecule has 2 amide bonds. The number of carbonyl (C=O) groups excluding carboxylic acids is 1. The Bertz CT molecular complexity index is 510. The van der Waals surface area contributed by atoms with E-state index >= 15 is 0 Å². The van der Waals surface area contributed by atoms with Crippen LogP contribution in [0.3, 0.4) is 0 Å². The summed E-state index contributed by atoms with van der Waals surface area (Å²) in [5.41, 5.74) is 5.10. The average Bonchev–Trinajstić information content (AvgIpc) is 2.15. The predicted octanol–water partition coefficient (Wildman–Crippen LogP) is 0.416. The molecule has 4 N–H and O–H groups in total. The number of amides is 2. The quantitative estimate of drug-likeness (QED) is 0.686. The van der Waals surface area contributed by atoms with E-state index < -0.39 is 26.8 Å². The van der Waals surface area contributed by atoms with E-state index in [-0.39, 0.29) is 12.2 Å². The number of nitrogens with one attached hydrogen (secondary N) is 2. The van der Waals surface area contributed by atoms with Crippen LogP contribution < -0.4 is 15.8 Å². The zero-order valence-corrected chi connectivity index (χ0v) is 9.84. The molecule has 0 aliphatic rings. The number of anilines is 1. The van der Waals surface area contributed by atoms with Crippen molar-refractivity contribution in [3.05, 3.63) is 24.0 Å². The molecule has 17 heavy (non-hydrogen) atoms. The van der Waals surface area contributed by atoms with E-state index in [2.05, 4.69) is 5.32 Å². The van der Waals surface area contributed by atoms with Gasteiger partial charge in [0.15, 0.2) is 0 Å². The third-order valence-corrected chi connectivity index (χ3v) is 3.25. The number of halogens is 1. The molecule has 0 aromatic heterocycles. The van der Waals surface area contributed by atoms with E-state index in [4.69, 9.17) is 5.73 Å². The fraction of sp³-hybridized carbons (Fsp3) is 0.222. The molecule has 94 valence electrons. The van der Waals surface area contributed by atoms with Gasteiger partial charge < -0.3 is 11.1 Å². The van der Waals surface area contributed by atoms with E-state index in [1.807, 2.05) is 0 Å². The second-order valence-electron chi connectivity index (χ2n) is 3.12. The van der Waals surface area contributed by atoms with E-state index in [1.54, 1.807) is 11.6 Å². The highest BCUT2D eigenvalue weighted by atomic mass is 32.2. The maximum atomic E-state index is 13.4. The Balaban J connectivity index is 3.10. The van der Waals surface area contributed by atoms with Gasteiger partial charge in [0.2, 0.25) is 0 Å². The van der Waals surface area contributed by atoms with Gasteiger partial charge in [0, 0.05) is 6.54 Å². The number of rotatable bonds is 3. The molecule has 0 heterocycles.